The molecule has 0 aliphatic carbocycles. The lowest BCUT2D eigenvalue weighted by Crippen LogP contribution is -2.24. The van der Waals surface area contributed by atoms with Gasteiger partial charge < -0.3 is 19.7 Å². The number of carbonyl (C=O) groups excluding carboxylic acids is 2. The number of nitrogens with zero attached hydrogens (tertiary/aromatic N) is 1. The van der Waals surface area contributed by atoms with Gasteiger partial charge in [0.15, 0.2) is 11.5 Å². The fourth-order valence-corrected chi connectivity index (χ4v) is 3.43. The zero-order valence-electron chi connectivity index (χ0n) is 16.7. The van der Waals surface area contributed by atoms with E-state index in [1.807, 2.05) is 0 Å². The Morgan fingerprint density at radius 1 is 1.26 bits per heavy atom. The standard InChI is InChI=1S/C22H21ClF2N2O4/c1-2-30-19-12-14(5-9-18(19)31-22(24)25)6-10-20(28)26-15-7-8-17(16(23)13-15)27-11-3-4-21(27)29/h5-10,12-13,22H,2-4,11H2,1H3,(H,26,28)/b10-6+. The van der Waals surface area contributed by atoms with E-state index >= 15 is 0 Å². The monoisotopic (exact) mass is 450 g/mol. The van der Waals surface area contributed by atoms with E-state index < -0.39 is 12.5 Å². The molecule has 0 saturated carbocycles. The summed E-state index contributed by atoms with van der Waals surface area (Å²) < 4.78 is 34.7. The molecule has 1 aliphatic rings. The third kappa shape index (κ3) is 5.95. The number of benzene rings is 2. The van der Waals surface area contributed by atoms with Crippen molar-refractivity contribution in [2.24, 2.45) is 0 Å². The highest BCUT2D eigenvalue weighted by Crippen LogP contribution is 2.32. The third-order valence-electron chi connectivity index (χ3n) is 4.49. The lowest BCUT2D eigenvalue weighted by atomic mass is 10.2. The quantitative estimate of drug-likeness (QED) is 0.567. The van der Waals surface area contributed by atoms with Gasteiger partial charge in [-0.15, -0.1) is 0 Å². The first kappa shape index (κ1) is 22.6. The van der Waals surface area contributed by atoms with Gasteiger partial charge in [0.05, 0.1) is 17.3 Å². The normalized spacial score (nSPS) is 13.8. The maximum atomic E-state index is 12.5. The maximum Gasteiger partial charge on any atom is 0.387 e. The molecule has 1 N–H and O–H groups in total. The Balaban J connectivity index is 1.67. The second-order valence-corrected chi connectivity index (χ2v) is 7.06. The molecular formula is C22H21ClF2N2O4. The van der Waals surface area contributed by atoms with Gasteiger partial charge in [-0.25, -0.2) is 0 Å². The number of carbonyl (C=O) groups is 2. The van der Waals surface area contributed by atoms with Gasteiger partial charge in [0.25, 0.3) is 0 Å². The molecule has 0 atom stereocenters. The van der Waals surface area contributed by atoms with Crippen LogP contribution in [0.25, 0.3) is 6.08 Å². The van der Waals surface area contributed by atoms with Crippen molar-refractivity contribution in [1.82, 2.24) is 0 Å². The molecule has 31 heavy (non-hydrogen) atoms. The van der Waals surface area contributed by atoms with E-state index in [2.05, 4.69) is 10.1 Å². The van der Waals surface area contributed by atoms with E-state index in [0.29, 0.717) is 34.9 Å². The summed E-state index contributed by atoms with van der Waals surface area (Å²) in [4.78, 5) is 25.8. The van der Waals surface area contributed by atoms with Gasteiger partial charge in [-0.1, -0.05) is 17.7 Å². The van der Waals surface area contributed by atoms with E-state index in [4.69, 9.17) is 16.3 Å². The number of hydrogen-bond donors (Lipinski definition) is 1. The highest BCUT2D eigenvalue weighted by Gasteiger charge is 2.23. The molecule has 1 heterocycles. The summed E-state index contributed by atoms with van der Waals surface area (Å²) in [5.41, 5.74) is 1.67. The van der Waals surface area contributed by atoms with Gasteiger partial charge in [0.2, 0.25) is 11.8 Å². The first-order chi connectivity index (χ1) is 14.9. The van der Waals surface area contributed by atoms with Crippen molar-refractivity contribution in [3.8, 4) is 11.5 Å². The summed E-state index contributed by atoms with van der Waals surface area (Å²) in [6.45, 7) is -0.351. The van der Waals surface area contributed by atoms with Crippen molar-refractivity contribution in [1.29, 1.82) is 0 Å². The Bertz CT molecular complexity index is 997. The maximum absolute atomic E-state index is 12.5. The molecule has 0 aromatic heterocycles. The van der Waals surface area contributed by atoms with Gasteiger partial charge in [-0.3, -0.25) is 9.59 Å². The van der Waals surface area contributed by atoms with Crippen LogP contribution in [-0.4, -0.2) is 31.6 Å². The van der Waals surface area contributed by atoms with Gasteiger partial charge in [0.1, 0.15) is 0 Å². The summed E-state index contributed by atoms with van der Waals surface area (Å²) >= 11 is 6.29. The first-order valence-corrected chi connectivity index (χ1v) is 10.1. The first-order valence-electron chi connectivity index (χ1n) is 9.68. The van der Waals surface area contributed by atoms with Crippen LogP contribution in [0.3, 0.4) is 0 Å². The Morgan fingerprint density at radius 3 is 2.71 bits per heavy atom. The van der Waals surface area contributed by atoms with E-state index in [9.17, 15) is 18.4 Å². The molecule has 0 radical (unpaired) electrons. The van der Waals surface area contributed by atoms with Crippen LogP contribution in [0, 0.1) is 0 Å². The number of rotatable bonds is 8. The Kier molecular flexibility index (Phi) is 7.46. The van der Waals surface area contributed by atoms with Crippen molar-refractivity contribution in [2.45, 2.75) is 26.4 Å². The fourth-order valence-electron chi connectivity index (χ4n) is 3.15. The summed E-state index contributed by atoms with van der Waals surface area (Å²) in [6.07, 6.45) is 4.10. The number of ether oxygens (including phenoxy) is 2. The number of nitrogens with one attached hydrogen (secondary N) is 1. The molecule has 1 fully saturated rings. The minimum atomic E-state index is -2.96. The number of anilines is 2. The molecule has 2 aromatic rings. The van der Waals surface area contributed by atoms with Crippen molar-refractivity contribution < 1.29 is 27.8 Å². The van der Waals surface area contributed by atoms with Crippen LogP contribution in [0.4, 0.5) is 20.2 Å². The molecule has 0 spiro atoms. The molecule has 0 unspecified atom stereocenters. The number of amides is 2. The van der Waals surface area contributed by atoms with E-state index in [1.54, 1.807) is 30.0 Å². The predicted octanol–water partition coefficient (Wildman–Crippen LogP) is 5.12. The third-order valence-corrected chi connectivity index (χ3v) is 4.79. The molecule has 1 aliphatic heterocycles. The van der Waals surface area contributed by atoms with Crippen molar-refractivity contribution in [3.05, 3.63) is 53.1 Å². The van der Waals surface area contributed by atoms with Gasteiger partial charge in [0, 0.05) is 24.7 Å². The van der Waals surface area contributed by atoms with Crippen LogP contribution in [0.2, 0.25) is 5.02 Å². The highest BCUT2D eigenvalue weighted by molar-refractivity contribution is 6.34. The lowest BCUT2D eigenvalue weighted by molar-refractivity contribution is -0.117. The van der Waals surface area contributed by atoms with Gasteiger partial charge in [-0.05, 0) is 55.3 Å². The zero-order valence-corrected chi connectivity index (χ0v) is 17.5. The van der Waals surface area contributed by atoms with Crippen molar-refractivity contribution in [2.75, 3.05) is 23.4 Å². The Labute approximate surface area is 183 Å². The summed E-state index contributed by atoms with van der Waals surface area (Å²) in [7, 11) is 0. The minimum Gasteiger partial charge on any atom is -0.490 e. The number of hydrogen-bond acceptors (Lipinski definition) is 4. The number of halogens is 3. The van der Waals surface area contributed by atoms with Crippen LogP contribution in [0.5, 0.6) is 11.5 Å². The fraction of sp³-hybridized carbons (Fsp3) is 0.273. The zero-order chi connectivity index (χ0) is 22.4. The Morgan fingerprint density at radius 2 is 2.06 bits per heavy atom. The molecule has 3 rings (SSSR count). The van der Waals surface area contributed by atoms with E-state index in [0.717, 1.165) is 6.42 Å². The minimum absolute atomic E-state index is 0.0259. The molecule has 164 valence electrons. The molecule has 1 saturated heterocycles. The van der Waals surface area contributed by atoms with E-state index in [-0.39, 0.29) is 24.0 Å². The molecule has 6 nitrogen and oxygen atoms in total. The van der Waals surface area contributed by atoms with Gasteiger partial charge >= 0.3 is 6.61 Å². The molecule has 2 amide bonds. The predicted molar refractivity (Wildman–Crippen MR) is 115 cm³/mol. The highest BCUT2D eigenvalue weighted by atomic mass is 35.5. The summed E-state index contributed by atoms with van der Waals surface area (Å²) in [6, 6.07) is 9.33. The lowest BCUT2D eigenvalue weighted by Gasteiger charge is -2.17. The largest absolute Gasteiger partial charge is 0.490 e. The molecule has 9 heteroatoms. The van der Waals surface area contributed by atoms with Crippen LogP contribution >= 0.6 is 11.6 Å². The molecule has 2 aromatic carbocycles. The SMILES string of the molecule is CCOc1cc(/C=C/C(=O)Nc2ccc(N3CCCC3=O)c(Cl)c2)ccc1OC(F)F. The van der Waals surface area contributed by atoms with E-state index in [1.165, 1.54) is 30.4 Å². The topological polar surface area (TPSA) is 67.9 Å². The second-order valence-electron chi connectivity index (χ2n) is 6.66. The van der Waals surface area contributed by atoms with Crippen LogP contribution in [0.1, 0.15) is 25.3 Å². The number of alkyl halides is 2. The summed E-state index contributed by atoms with van der Waals surface area (Å²) in [5.74, 6) is -0.307. The van der Waals surface area contributed by atoms with Crippen LogP contribution in [0.15, 0.2) is 42.5 Å². The average Bonchev–Trinajstić information content (AvgIpc) is 3.14. The Hall–Kier alpha value is -3.13. The van der Waals surface area contributed by atoms with Crippen molar-refractivity contribution >= 4 is 40.9 Å². The molecular weight excluding hydrogens is 430 g/mol. The average molecular weight is 451 g/mol. The van der Waals surface area contributed by atoms with Gasteiger partial charge in [-0.2, -0.15) is 8.78 Å². The van der Waals surface area contributed by atoms with Crippen molar-refractivity contribution in [3.63, 3.8) is 0 Å². The van der Waals surface area contributed by atoms with Crippen LogP contribution in [-0.2, 0) is 9.59 Å². The summed E-state index contributed by atoms with van der Waals surface area (Å²) in [5, 5.41) is 3.06. The van der Waals surface area contributed by atoms with Crippen LogP contribution < -0.4 is 19.7 Å². The second kappa shape index (κ2) is 10.3. The molecule has 0 bridgehead atoms. The smallest absolute Gasteiger partial charge is 0.387 e.